The standard InChI is InChI=1S/C14H23N3O3S/c1-11-5-6-14(13(8-15)16-11)20-10-12-4-3-7-17(9-12)21(2,18)19/h5-6,12H,3-4,7-10,15H2,1-2H3. The third-order valence-electron chi connectivity index (χ3n) is 3.69. The van der Waals surface area contributed by atoms with Gasteiger partial charge in [-0.3, -0.25) is 4.98 Å². The topological polar surface area (TPSA) is 85.5 Å². The summed E-state index contributed by atoms with van der Waals surface area (Å²) in [6, 6.07) is 3.76. The molecule has 2 rings (SSSR count). The maximum atomic E-state index is 11.6. The van der Waals surface area contributed by atoms with E-state index in [0.29, 0.717) is 32.0 Å². The van der Waals surface area contributed by atoms with Crippen LogP contribution in [0.2, 0.25) is 0 Å². The predicted octanol–water partition coefficient (Wildman–Crippen LogP) is 0.899. The van der Waals surface area contributed by atoms with Gasteiger partial charge in [-0.2, -0.15) is 0 Å². The van der Waals surface area contributed by atoms with E-state index >= 15 is 0 Å². The zero-order valence-electron chi connectivity index (χ0n) is 12.6. The molecule has 1 aromatic rings. The quantitative estimate of drug-likeness (QED) is 0.873. The highest BCUT2D eigenvalue weighted by Gasteiger charge is 2.26. The summed E-state index contributed by atoms with van der Waals surface area (Å²) in [4.78, 5) is 4.35. The third-order valence-corrected chi connectivity index (χ3v) is 4.96. The molecule has 21 heavy (non-hydrogen) atoms. The van der Waals surface area contributed by atoms with Crippen LogP contribution in [-0.4, -0.2) is 43.7 Å². The fourth-order valence-electron chi connectivity index (χ4n) is 2.55. The first kappa shape index (κ1) is 16.2. The van der Waals surface area contributed by atoms with E-state index < -0.39 is 10.0 Å². The van der Waals surface area contributed by atoms with Crippen LogP contribution < -0.4 is 10.5 Å². The van der Waals surface area contributed by atoms with Gasteiger partial charge in [-0.1, -0.05) is 0 Å². The number of nitrogens with two attached hydrogens (primary N) is 1. The largest absolute Gasteiger partial charge is 0.491 e. The van der Waals surface area contributed by atoms with E-state index in [2.05, 4.69) is 4.98 Å². The van der Waals surface area contributed by atoms with Crippen molar-refractivity contribution in [2.24, 2.45) is 11.7 Å². The highest BCUT2D eigenvalue weighted by Crippen LogP contribution is 2.22. The molecule has 1 aliphatic heterocycles. The second-order valence-electron chi connectivity index (χ2n) is 5.54. The number of nitrogens with zero attached hydrogens (tertiary/aromatic N) is 2. The molecule has 0 spiro atoms. The van der Waals surface area contributed by atoms with Crippen molar-refractivity contribution in [2.75, 3.05) is 26.0 Å². The van der Waals surface area contributed by atoms with Crippen LogP contribution in [0.5, 0.6) is 5.75 Å². The molecule has 0 bridgehead atoms. The summed E-state index contributed by atoms with van der Waals surface area (Å²) in [6.07, 6.45) is 3.10. The minimum Gasteiger partial charge on any atom is -0.491 e. The summed E-state index contributed by atoms with van der Waals surface area (Å²) < 4.78 is 30.6. The van der Waals surface area contributed by atoms with Gasteiger partial charge in [-0.05, 0) is 31.9 Å². The molecule has 0 aliphatic carbocycles. The number of sulfonamides is 1. The fraction of sp³-hybridized carbons (Fsp3) is 0.643. The molecule has 7 heteroatoms. The Morgan fingerprint density at radius 2 is 2.24 bits per heavy atom. The normalized spacial score (nSPS) is 20.4. The molecule has 2 heterocycles. The van der Waals surface area contributed by atoms with Crippen LogP contribution in [0.1, 0.15) is 24.2 Å². The average Bonchev–Trinajstić information content (AvgIpc) is 2.45. The van der Waals surface area contributed by atoms with Crippen molar-refractivity contribution in [1.82, 2.24) is 9.29 Å². The van der Waals surface area contributed by atoms with Crippen molar-refractivity contribution in [3.8, 4) is 5.75 Å². The number of piperidine rings is 1. The van der Waals surface area contributed by atoms with E-state index in [9.17, 15) is 8.42 Å². The van der Waals surface area contributed by atoms with E-state index in [4.69, 9.17) is 10.5 Å². The Kier molecular flexibility index (Phi) is 5.18. The molecule has 0 radical (unpaired) electrons. The van der Waals surface area contributed by atoms with Gasteiger partial charge < -0.3 is 10.5 Å². The summed E-state index contributed by atoms with van der Waals surface area (Å²) in [5.74, 6) is 0.903. The van der Waals surface area contributed by atoms with Gasteiger partial charge in [0.05, 0.1) is 18.6 Å². The van der Waals surface area contributed by atoms with Crippen molar-refractivity contribution >= 4 is 10.0 Å². The second-order valence-corrected chi connectivity index (χ2v) is 7.52. The van der Waals surface area contributed by atoms with Gasteiger partial charge >= 0.3 is 0 Å². The van der Waals surface area contributed by atoms with Crippen LogP contribution in [0.4, 0.5) is 0 Å². The average molecular weight is 313 g/mol. The predicted molar refractivity (Wildman–Crippen MR) is 81.5 cm³/mol. The number of rotatable bonds is 5. The molecule has 0 saturated carbocycles. The zero-order chi connectivity index (χ0) is 15.5. The highest BCUT2D eigenvalue weighted by atomic mass is 32.2. The van der Waals surface area contributed by atoms with E-state index in [1.54, 1.807) is 0 Å². The molecule has 1 saturated heterocycles. The minimum atomic E-state index is -3.11. The van der Waals surface area contributed by atoms with Gasteiger partial charge in [-0.15, -0.1) is 0 Å². The number of aromatic nitrogens is 1. The van der Waals surface area contributed by atoms with Gasteiger partial charge in [0, 0.05) is 31.2 Å². The molecule has 1 atom stereocenters. The lowest BCUT2D eigenvalue weighted by Gasteiger charge is -2.30. The summed E-state index contributed by atoms with van der Waals surface area (Å²) in [7, 11) is -3.11. The molecule has 6 nitrogen and oxygen atoms in total. The van der Waals surface area contributed by atoms with Crippen LogP contribution in [0, 0.1) is 12.8 Å². The van der Waals surface area contributed by atoms with Crippen LogP contribution in [0.25, 0.3) is 0 Å². The molecular formula is C14H23N3O3S. The zero-order valence-corrected chi connectivity index (χ0v) is 13.4. The van der Waals surface area contributed by atoms with E-state index in [-0.39, 0.29) is 5.92 Å². The minimum absolute atomic E-state index is 0.209. The van der Waals surface area contributed by atoms with Crippen LogP contribution in [0.3, 0.4) is 0 Å². The lowest BCUT2D eigenvalue weighted by atomic mass is 10.0. The fourth-order valence-corrected chi connectivity index (χ4v) is 3.49. The van der Waals surface area contributed by atoms with Crippen molar-refractivity contribution < 1.29 is 13.2 Å². The van der Waals surface area contributed by atoms with E-state index in [1.807, 2.05) is 19.1 Å². The first-order valence-electron chi connectivity index (χ1n) is 7.14. The van der Waals surface area contributed by atoms with Crippen LogP contribution in [-0.2, 0) is 16.6 Å². The molecule has 0 amide bonds. The first-order chi connectivity index (χ1) is 9.90. The first-order valence-corrected chi connectivity index (χ1v) is 8.99. The van der Waals surface area contributed by atoms with Crippen LogP contribution >= 0.6 is 0 Å². The Hall–Kier alpha value is -1.18. The third kappa shape index (κ3) is 4.39. The molecule has 1 unspecified atom stereocenters. The Balaban J connectivity index is 1.97. The van der Waals surface area contributed by atoms with Crippen molar-refractivity contribution in [3.05, 3.63) is 23.5 Å². The number of pyridine rings is 1. The summed E-state index contributed by atoms with van der Waals surface area (Å²) in [5, 5.41) is 0. The maximum absolute atomic E-state index is 11.6. The van der Waals surface area contributed by atoms with Gasteiger partial charge in [0.2, 0.25) is 10.0 Å². The maximum Gasteiger partial charge on any atom is 0.211 e. The lowest BCUT2D eigenvalue weighted by molar-refractivity contribution is 0.179. The molecule has 0 aromatic carbocycles. The number of aryl methyl sites for hydroxylation is 1. The van der Waals surface area contributed by atoms with Gasteiger partial charge in [0.25, 0.3) is 0 Å². The number of hydrogen-bond acceptors (Lipinski definition) is 5. The molecule has 2 N–H and O–H groups in total. The van der Waals surface area contributed by atoms with Crippen molar-refractivity contribution in [3.63, 3.8) is 0 Å². The Morgan fingerprint density at radius 1 is 1.48 bits per heavy atom. The Labute approximate surface area is 126 Å². The summed E-state index contributed by atoms with van der Waals surface area (Å²) >= 11 is 0. The molecule has 1 fully saturated rings. The molecule has 1 aromatic heterocycles. The van der Waals surface area contributed by atoms with Crippen molar-refractivity contribution in [2.45, 2.75) is 26.3 Å². The van der Waals surface area contributed by atoms with Crippen molar-refractivity contribution in [1.29, 1.82) is 0 Å². The summed E-state index contributed by atoms with van der Waals surface area (Å²) in [6.45, 7) is 3.86. The van der Waals surface area contributed by atoms with E-state index in [0.717, 1.165) is 24.2 Å². The highest BCUT2D eigenvalue weighted by molar-refractivity contribution is 7.88. The Morgan fingerprint density at radius 3 is 2.90 bits per heavy atom. The second kappa shape index (κ2) is 6.72. The van der Waals surface area contributed by atoms with Crippen LogP contribution in [0.15, 0.2) is 12.1 Å². The summed E-state index contributed by atoms with van der Waals surface area (Å²) in [5.41, 5.74) is 7.33. The molecule has 1 aliphatic rings. The van der Waals surface area contributed by atoms with Gasteiger partial charge in [0.15, 0.2) is 0 Å². The smallest absolute Gasteiger partial charge is 0.211 e. The lowest BCUT2D eigenvalue weighted by Crippen LogP contribution is -2.41. The SMILES string of the molecule is Cc1ccc(OCC2CCCN(S(C)(=O)=O)C2)c(CN)n1. The van der Waals surface area contributed by atoms with Gasteiger partial charge in [-0.25, -0.2) is 12.7 Å². The van der Waals surface area contributed by atoms with E-state index in [1.165, 1.54) is 10.6 Å². The monoisotopic (exact) mass is 313 g/mol. The molecule has 118 valence electrons. The number of ether oxygens (including phenoxy) is 1. The molecular weight excluding hydrogens is 290 g/mol. The number of hydrogen-bond donors (Lipinski definition) is 1. The van der Waals surface area contributed by atoms with Gasteiger partial charge in [0.1, 0.15) is 5.75 Å². The Bertz CT molecular complexity index is 589.